The van der Waals surface area contributed by atoms with Crippen molar-refractivity contribution in [2.75, 3.05) is 33.9 Å². The van der Waals surface area contributed by atoms with E-state index in [4.69, 9.17) is 14.5 Å². The van der Waals surface area contributed by atoms with E-state index in [1.165, 1.54) is 32.1 Å². The number of benzene rings is 1. The average molecular weight is 466 g/mol. The van der Waals surface area contributed by atoms with Gasteiger partial charge in [0.1, 0.15) is 0 Å². The number of likely N-dealkylation sites (tertiary alicyclic amines) is 1. The van der Waals surface area contributed by atoms with E-state index in [1.807, 2.05) is 31.2 Å². The molecular formula is C28H39N3O3. The van der Waals surface area contributed by atoms with Crippen molar-refractivity contribution in [3.05, 3.63) is 52.8 Å². The Hall–Kier alpha value is -2.60. The topological polar surface area (TPSA) is 63.7 Å². The number of nitrogens with one attached hydrogen (secondary N) is 1. The maximum absolute atomic E-state index is 13.1. The van der Waals surface area contributed by atoms with Gasteiger partial charge in [-0.1, -0.05) is 31.4 Å². The lowest BCUT2D eigenvalue weighted by Gasteiger charge is -2.33. The van der Waals surface area contributed by atoms with Gasteiger partial charge < -0.3 is 14.8 Å². The van der Waals surface area contributed by atoms with Gasteiger partial charge in [-0.15, -0.1) is 0 Å². The molecule has 1 amide bonds. The molecule has 0 radical (unpaired) electrons. The largest absolute Gasteiger partial charge is 0.493 e. The number of hydrogen-bond acceptors (Lipinski definition) is 5. The van der Waals surface area contributed by atoms with E-state index in [1.54, 1.807) is 14.2 Å². The van der Waals surface area contributed by atoms with Gasteiger partial charge in [-0.05, 0) is 69.8 Å². The third kappa shape index (κ3) is 5.90. The Morgan fingerprint density at radius 1 is 1.03 bits per heavy atom. The van der Waals surface area contributed by atoms with E-state index in [2.05, 4.69) is 16.3 Å². The van der Waals surface area contributed by atoms with E-state index in [0.29, 0.717) is 11.8 Å². The molecule has 2 aromatic rings. The highest BCUT2D eigenvalue weighted by molar-refractivity contribution is 5.95. The van der Waals surface area contributed by atoms with Crippen LogP contribution in [0.4, 0.5) is 0 Å². The number of carbonyl (C=O) groups is 1. The maximum Gasteiger partial charge on any atom is 0.253 e. The number of amides is 1. The fourth-order valence-electron chi connectivity index (χ4n) is 5.49. The second kappa shape index (κ2) is 11.7. The summed E-state index contributed by atoms with van der Waals surface area (Å²) in [5.74, 6) is 2.54. The quantitative estimate of drug-likeness (QED) is 0.588. The molecule has 1 aliphatic carbocycles. The van der Waals surface area contributed by atoms with Gasteiger partial charge in [0.25, 0.3) is 5.91 Å². The standard InChI is InChI=1S/C28H39N3O3/c1-20-12-13-24(28(32)29-18-21-8-5-4-6-9-21)26(30-20)22-14-16-31(17-15-22)19-23-10-7-11-25(33-2)27(23)34-3/h7,10-13,21-22H,4-6,8-9,14-19H2,1-3H3,(H,29,32). The number of para-hydroxylation sites is 1. The average Bonchev–Trinajstić information content (AvgIpc) is 2.88. The van der Waals surface area contributed by atoms with Crippen molar-refractivity contribution in [1.29, 1.82) is 0 Å². The Balaban J connectivity index is 1.39. The Labute approximate surface area is 204 Å². The van der Waals surface area contributed by atoms with Crippen molar-refractivity contribution in [3.8, 4) is 11.5 Å². The molecule has 2 aliphatic rings. The summed E-state index contributed by atoms with van der Waals surface area (Å²) < 4.78 is 11.1. The predicted molar refractivity (Wildman–Crippen MR) is 135 cm³/mol. The first-order valence-electron chi connectivity index (χ1n) is 12.8. The van der Waals surface area contributed by atoms with Gasteiger partial charge in [0.2, 0.25) is 0 Å². The van der Waals surface area contributed by atoms with Crippen molar-refractivity contribution < 1.29 is 14.3 Å². The summed E-state index contributed by atoms with van der Waals surface area (Å²) in [7, 11) is 3.36. The van der Waals surface area contributed by atoms with Crippen LogP contribution < -0.4 is 14.8 Å². The van der Waals surface area contributed by atoms with Gasteiger partial charge in [-0.2, -0.15) is 0 Å². The highest BCUT2D eigenvalue weighted by Crippen LogP contribution is 2.34. The number of ether oxygens (including phenoxy) is 2. The number of methoxy groups -OCH3 is 2. The fourth-order valence-corrected chi connectivity index (χ4v) is 5.49. The van der Waals surface area contributed by atoms with Crippen molar-refractivity contribution in [2.45, 2.75) is 64.3 Å². The van der Waals surface area contributed by atoms with Crippen LogP contribution in [0.5, 0.6) is 11.5 Å². The normalized spacial score (nSPS) is 18.0. The molecule has 1 saturated carbocycles. The molecule has 2 fully saturated rings. The molecule has 0 unspecified atom stereocenters. The van der Waals surface area contributed by atoms with Crippen LogP contribution in [0.1, 0.15) is 78.2 Å². The van der Waals surface area contributed by atoms with Gasteiger partial charge >= 0.3 is 0 Å². The molecule has 1 N–H and O–H groups in total. The molecule has 6 nitrogen and oxygen atoms in total. The van der Waals surface area contributed by atoms with Gasteiger partial charge in [-0.25, -0.2) is 0 Å². The van der Waals surface area contributed by atoms with E-state index in [9.17, 15) is 4.79 Å². The Morgan fingerprint density at radius 3 is 2.50 bits per heavy atom. The van der Waals surface area contributed by atoms with Crippen molar-refractivity contribution in [2.24, 2.45) is 5.92 Å². The number of hydrogen-bond donors (Lipinski definition) is 1. The number of carbonyl (C=O) groups excluding carboxylic acids is 1. The molecule has 1 saturated heterocycles. The summed E-state index contributed by atoms with van der Waals surface area (Å²) in [5.41, 5.74) is 3.84. The zero-order valence-corrected chi connectivity index (χ0v) is 20.9. The molecule has 184 valence electrons. The minimum atomic E-state index is 0.0385. The summed E-state index contributed by atoms with van der Waals surface area (Å²) in [6.07, 6.45) is 8.36. The fraction of sp³-hybridized carbons (Fsp3) is 0.571. The summed E-state index contributed by atoms with van der Waals surface area (Å²) in [4.78, 5) is 20.4. The van der Waals surface area contributed by atoms with Gasteiger partial charge in [0.15, 0.2) is 11.5 Å². The number of pyridine rings is 1. The Kier molecular flexibility index (Phi) is 8.44. The first kappa shape index (κ1) is 24.5. The monoisotopic (exact) mass is 465 g/mol. The Bertz CT molecular complexity index is 963. The lowest BCUT2D eigenvalue weighted by Crippen LogP contribution is -2.35. The van der Waals surface area contributed by atoms with Crippen LogP contribution in [-0.2, 0) is 6.54 Å². The summed E-state index contributed by atoms with van der Waals surface area (Å²) >= 11 is 0. The van der Waals surface area contributed by atoms with Crippen molar-refractivity contribution >= 4 is 5.91 Å². The minimum Gasteiger partial charge on any atom is -0.493 e. The highest BCUT2D eigenvalue weighted by Gasteiger charge is 2.27. The molecule has 4 rings (SSSR count). The SMILES string of the molecule is COc1cccc(CN2CCC(c3nc(C)ccc3C(=O)NCC3CCCCC3)CC2)c1OC. The van der Waals surface area contributed by atoms with Gasteiger partial charge in [0, 0.05) is 30.3 Å². The zero-order chi connectivity index (χ0) is 23.9. The highest BCUT2D eigenvalue weighted by atomic mass is 16.5. The number of aryl methyl sites for hydroxylation is 1. The van der Waals surface area contributed by atoms with E-state index >= 15 is 0 Å². The minimum absolute atomic E-state index is 0.0385. The second-order valence-corrected chi connectivity index (χ2v) is 9.80. The molecule has 6 heteroatoms. The first-order chi connectivity index (χ1) is 16.6. The molecule has 0 bridgehead atoms. The summed E-state index contributed by atoms with van der Waals surface area (Å²) in [5, 5.41) is 3.22. The predicted octanol–water partition coefficient (Wildman–Crippen LogP) is 5.10. The van der Waals surface area contributed by atoms with Crippen LogP contribution in [0.15, 0.2) is 30.3 Å². The van der Waals surface area contributed by atoms with Crippen LogP contribution in [0.25, 0.3) is 0 Å². The van der Waals surface area contributed by atoms with Crippen LogP contribution >= 0.6 is 0 Å². The molecule has 1 aromatic heterocycles. The van der Waals surface area contributed by atoms with Crippen LogP contribution in [0.2, 0.25) is 0 Å². The van der Waals surface area contributed by atoms with Crippen molar-refractivity contribution in [3.63, 3.8) is 0 Å². The number of rotatable bonds is 8. The lowest BCUT2D eigenvalue weighted by molar-refractivity contribution is 0.0940. The Morgan fingerprint density at radius 2 is 1.79 bits per heavy atom. The van der Waals surface area contributed by atoms with Crippen LogP contribution in [0, 0.1) is 12.8 Å². The number of aromatic nitrogens is 1. The molecule has 0 atom stereocenters. The van der Waals surface area contributed by atoms with Gasteiger partial charge in [-0.3, -0.25) is 14.7 Å². The maximum atomic E-state index is 13.1. The zero-order valence-electron chi connectivity index (χ0n) is 20.9. The molecular weight excluding hydrogens is 426 g/mol. The second-order valence-electron chi connectivity index (χ2n) is 9.80. The van der Waals surface area contributed by atoms with E-state index in [0.717, 1.165) is 73.0 Å². The molecule has 1 aliphatic heterocycles. The first-order valence-corrected chi connectivity index (χ1v) is 12.8. The third-order valence-corrected chi connectivity index (χ3v) is 7.44. The molecule has 0 spiro atoms. The van der Waals surface area contributed by atoms with Gasteiger partial charge in [0.05, 0.1) is 25.5 Å². The van der Waals surface area contributed by atoms with Crippen LogP contribution in [0.3, 0.4) is 0 Å². The van der Waals surface area contributed by atoms with Crippen molar-refractivity contribution in [1.82, 2.24) is 15.2 Å². The molecule has 34 heavy (non-hydrogen) atoms. The summed E-state index contributed by atoms with van der Waals surface area (Å²) in [6.45, 7) is 5.54. The third-order valence-electron chi connectivity index (χ3n) is 7.44. The van der Waals surface area contributed by atoms with E-state index < -0.39 is 0 Å². The van der Waals surface area contributed by atoms with Crippen LogP contribution in [-0.4, -0.2) is 49.6 Å². The number of piperidine rings is 1. The summed E-state index contributed by atoms with van der Waals surface area (Å²) in [6, 6.07) is 9.98. The molecule has 1 aromatic carbocycles. The number of nitrogens with zero attached hydrogens (tertiary/aromatic N) is 2. The molecule has 2 heterocycles. The smallest absolute Gasteiger partial charge is 0.253 e. The lowest BCUT2D eigenvalue weighted by atomic mass is 9.88. The van der Waals surface area contributed by atoms with E-state index in [-0.39, 0.29) is 5.91 Å².